The van der Waals surface area contributed by atoms with Crippen molar-refractivity contribution in [1.29, 1.82) is 0 Å². The van der Waals surface area contributed by atoms with Crippen LogP contribution >= 0.6 is 22.7 Å². The summed E-state index contributed by atoms with van der Waals surface area (Å²) < 4.78 is 63.5. The number of nitrogens with zero attached hydrogens (tertiary/aromatic N) is 13. The summed E-state index contributed by atoms with van der Waals surface area (Å²) >= 11 is 3.22. The van der Waals surface area contributed by atoms with Crippen molar-refractivity contribution in [3.05, 3.63) is 63.2 Å². The molecule has 10 heterocycles. The Labute approximate surface area is 475 Å². The number of rotatable bonds is 11. The number of aromatic nitrogens is 6. The minimum atomic E-state index is -3.23. The second-order valence-electron chi connectivity index (χ2n) is 18.0. The monoisotopic (exact) mass is 1210 g/mol. The summed E-state index contributed by atoms with van der Waals surface area (Å²) in [7, 11) is -5.38. The van der Waals surface area contributed by atoms with Crippen LogP contribution < -0.4 is 38.7 Å². The van der Waals surface area contributed by atoms with E-state index in [2.05, 4.69) is 58.1 Å². The molecule has 0 amide bonds. The summed E-state index contributed by atoms with van der Waals surface area (Å²) in [5, 5.41) is 21.0. The van der Waals surface area contributed by atoms with E-state index in [-0.39, 0.29) is 55.7 Å². The number of anilines is 5. The Morgan fingerprint density at radius 2 is 1.06 bits per heavy atom. The van der Waals surface area contributed by atoms with Gasteiger partial charge in [0.15, 0.2) is 5.69 Å². The number of pyridine rings is 2. The van der Waals surface area contributed by atoms with E-state index in [9.17, 15) is 26.9 Å². The van der Waals surface area contributed by atoms with E-state index in [4.69, 9.17) is 41.7 Å². The maximum atomic E-state index is 12.4. The number of nitrogens with two attached hydrogens (primary N) is 5. The van der Waals surface area contributed by atoms with Crippen LogP contribution in [0.2, 0.25) is 0 Å². The zero-order valence-corrected chi connectivity index (χ0v) is 51.0. The number of hydrogen-bond donors (Lipinski definition) is 6. The first-order valence-corrected chi connectivity index (χ1v) is 29.4. The molecule has 4 aliphatic heterocycles. The Morgan fingerprint density at radius 1 is 0.641 bits per heavy atom. The zero-order chi connectivity index (χ0) is 55.1. The third-order valence-electron chi connectivity index (χ3n) is 13.3. The van der Waals surface area contributed by atoms with Crippen molar-refractivity contribution in [2.75, 3.05) is 152 Å². The van der Waals surface area contributed by atoms with Gasteiger partial charge in [-0.25, -0.2) is 46.7 Å². The molecular formula is C46H69N18O9S4Zn-. The van der Waals surface area contributed by atoms with E-state index in [1.165, 1.54) is 45.4 Å². The third kappa shape index (κ3) is 14.5. The molecule has 0 bridgehead atoms. The number of sulfonamides is 2. The van der Waals surface area contributed by atoms with Gasteiger partial charge in [-0.15, -0.1) is 22.7 Å². The van der Waals surface area contributed by atoms with Crippen molar-refractivity contribution >= 4 is 97.7 Å². The van der Waals surface area contributed by atoms with E-state index >= 15 is 0 Å². The van der Waals surface area contributed by atoms with Gasteiger partial charge in [-0.05, 0) is 25.0 Å². The Morgan fingerprint density at radius 3 is 1.47 bits per heavy atom. The molecule has 6 aromatic heterocycles. The van der Waals surface area contributed by atoms with Crippen molar-refractivity contribution in [1.82, 2.24) is 48.3 Å². The Kier molecular flexibility index (Phi) is 22.8. The first kappa shape index (κ1) is 63.8. The third-order valence-corrected chi connectivity index (χ3v) is 18.5. The molecule has 11 N–H and O–H groups in total. The van der Waals surface area contributed by atoms with Gasteiger partial charge in [0.05, 0.1) is 82.4 Å². The fourth-order valence-electron chi connectivity index (χ4n) is 9.33. The van der Waals surface area contributed by atoms with Crippen LogP contribution in [-0.2, 0) is 62.1 Å². The first-order chi connectivity index (χ1) is 36.3. The number of nitro groups is 1. The van der Waals surface area contributed by atoms with Gasteiger partial charge in [0.25, 0.3) is 0 Å². The van der Waals surface area contributed by atoms with Gasteiger partial charge in [-0.2, -0.15) is 8.61 Å². The molecule has 0 spiro atoms. The number of thiophene rings is 2. The molecule has 27 nitrogen and oxygen atoms in total. The molecule has 0 aliphatic carbocycles. The predicted octanol–water partition coefficient (Wildman–Crippen LogP) is 1.48. The van der Waals surface area contributed by atoms with E-state index in [1.54, 1.807) is 28.0 Å². The van der Waals surface area contributed by atoms with Crippen LogP contribution in [0.5, 0.6) is 0 Å². The molecule has 6 aromatic rings. The minimum absolute atomic E-state index is 0. The molecule has 32 heteroatoms. The van der Waals surface area contributed by atoms with Crippen LogP contribution in [0.25, 0.3) is 42.8 Å². The van der Waals surface area contributed by atoms with Gasteiger partial charge in [-0.1, -0.05) is 0 Å². The average Bonchev–Trinajstić information content (AvgIpc) is 3.92. The topological polar surface area (TPSA) is 377 Å². The number of hydrogen-bond acceptors (Lipinski definition) is 26. The molecule has 4 saturated heterocycles. The van der Waals surface area contributed by atoms with Crippen LogP contribution in [0.1, 0.15) is 20.9 Å². The number of ether oxygens (including phenoxy) is 2. The van der Waals surface area contributed by atoms with Crippen LogP contribution in [0.3, 0.4) is 0 Å². The van der Waals surface area contributed by atoms with Gasteiger partial charge >= 0.3 is 5.69 Å². The smallest absolute Gasteiger partial charge is 0.306 e. The standard InChI is InChI=1S/C22H28N8O5S2.C22H30N8O3S2.CH4O.CH3.H4N2.Zn/c1-14-16(13-27-3-5-29(6-4-27)37(2,33)34)36-21-18(14)20(30(31)32)19(15-11-25-17(23)12-24-15)26-22(21)28-7-9-35-10-8-28;1-14-16(13-28-3-5-30(6-4-28)35(2,31)32)34-20-17(14)18(23)19(15-11-25-22(24)26-12-15)27-21(20)29-7-9-33-10-8-29;1-2;;1-2;/h11-12H,3-10,13H2,1-2H3,(H2,23,25);11-12H,3-10,13,23H2,1-2H3,(H2,24,25,26);2H,1H3;1H3;1-2H2;/q;;;-1;;. The second-order valence-corrected chi connectivity index (χ2v) is 24.2. The van der Waals surface area contributed by atoms with E-state index in [0.717, 1.165) is 68.9 Å². The molecule has 10 rings (SSSR count). The molecule has 4 fully saturated rings. The number of piperazine rings is 2. The SMILES string of the molecule is CO.Cc1c(CN2CCN(S(C)(=O)=O)CC2)sc2c(N3CCOCC3)nc(-c3cnc(N)cn3)c([N+](=O)[O-])c12.Cc1c(CN2CCN(S(C)(=O)=O)CC2)sc2c(N3CCOCC3)nc(-c3cnc(N)nc3)c(N)c12.NN.[CH3-].[Zn]. The van der Waals surface area contributed by atoms with Gasteiger partial charge < -0.3 is 49.0 Å². The molecule has 424 valence electrons. The Hall–Kier alpha value is -5.06. The molecule has 0 radical (unpaired) electrons. The molecule has 0 saturated carbocycles. The molecule has 0 unspecified atom stereocenters. The summed E-state index contributed by atoms with van der Waals surface area (Å²) in [5.74, 6) is 9.97. The molecular weight excluding hydrogens is 1140 g/mol. The number of fused-ring (bicyclic) bond motifs is 2. The number of nitrogen functional groups attached to an aromatic ring is 3. The fourth-order valence-corrected chi connectivity index (χ4v) is 13.7. The van der Waals surface area contributed by atoms with E-state index in [0.29, 0.717) is 121 Å². The first-order valence-electron chi connectivity index (χ1n) is 24.1. The average molecular weight is 1210 g/mol. The Balaban J connectivity index is 0.000000264. The van der Waals surface area contributed by atoms with Gasteiger partial charge in [0.2, 0.25) is 26.0 Å². The van der Waals surface area contributed by atoms with Gasteiger partial charge in [0.1, 0.15) is 23.1 Å². The Bertz CT molecular complexity index is 3200. The molecule has 0 aromatic carbocycles. The van der Waals surface area contributed by atoms with Crippen molar-refractivity contribution in [3.63, 3.8) is 0 Å². The van der Waals surface area contributed by atoms with Crippen LogP contribution in [0, 0.1) is 31.4 Å². The van der Waals surface area contributed by atoms with Crippen molar-refractivity contribution in [2.45, 2.75) is 26.9 Å². The minimum Gasteiger partial charge on any atom is -0.400 e. The molecule has 0 atom stereocenters. The summed E-state index contributed by atoms with van der Waals surface area (Å²) in [4.78, 5) is 49.5. The number of aryl methyl sites for hydroxylation is 2. The van der Waals surface area contributed by atoms with Crippen molar-refractivity contribution < 1.29 is 55.8 Å². The maximum Gasteiger partial charge on any atom is 0.306 e. The number of aliphatic hydroxyl groups is 1. The van der Waals surface area contributed by atoms with E-state index in [1.807, 2.05) is 6.92 Å². The summed E-state index contributed by atoms with van der Waals surface area (Å²) in [6.07, 6.45) is 8.57. The van der Waals surface area contributed by atoms with Crippen molar-refractivity contribution in [2.24, 2.45) is 11.7 Å². The van der Waals surface area contributed by atoms with Gasteiger partial charge in [0, 0.05) is 151 Å². The largest absolute Gasteiger partial charge is 0.400 e. The molecule has 78 heavy (non-hydrogen) atoms. The maximum absolute atomic E-state index is 12.4. The van der Waals surface area contributed by atoms with E-state index < -0.39 is 25.0 Å². The number of hydrazine groups is 1. The zero-order valence-electron chi connectivity index (χ0n) is 44.8. The summed E-state index contributed by atoms with van der Waals surface area (Å²) in [6, 6.07) is 0. The fraction of sp³-hybridized carbons (Fsp3) is 0.500. The van der Waals surface area contributed by atoms with Crippen LogP contribution in [0.4, 0.5) is 34.8 Å². The predicted molar refractivity (Wildman–Crippen MR) is 303 cm³/mol. The molecule has 4 aliphatic rings. The van der Waals surface area contributed by atoms with Crippen molar-refractivity contribution in [3.8, 4) is 22.6 Å². The normalized spacial score (nSPS) is 16.9. The number of aliphatic hydroxyl groups excluding tert-OH is 1. The van der Waals surface area contributed by atoms with Gasteiger partial charge in [-0.3, -0.25) is 31.6 Å². The van der Waals surface area contributed by atoms with Crippen LogP contribution in [0.15, 0.2) is 24.8 Å². The summed E-state index contributed by atoms with van der Waals surface area (Å²) in [5.41, 5.74) is 22.4. The quantitative estimate of drug-likeness (QED) is 0.0352. The second kappa shape index (κ2) is 27.9. The summed E-state index contributed by atoms with van der Waals surface area (Å²) in [6.45, 7) is 14.8. The number of morpholine rings is 2. The van der Waals surface area contributed by atoms with Crippen LogP contribution in [-0.4, -0.2) is 200 Å².